The van der Waals surface area contributed by atoms with Crippen molar-refractivity contribution in [3.8, 4) is 5.75 Å². The summed E-state index contributed by atoms with van der Waals surface area (Å²) >= 11 is 0. The van der Waals surface area contributed by atoms with Crippen LogP contribution < -0.4 is 10.2 Å². The van der Waals surface area contributed by atoms with E-state index in [9.17, 15) is 9.90 Å². The highest BCUT2D eigenvalue weighted by molar-refractivity contribution is 5.99. The molecular formula is C17H26N2O2. The van der Waals surface area contributed by atoms with E-state index in [0.717, 1.165) is 30.8 Å². The van der Waals surface area contributed by atoms with E-state index in [4.69, 9.17) is 0 Å². The number of phenolic OH excluding ortho intramolecular Hbond substituents is 1. The van der Waals surface area contributed by atoms with E-state index in [1.165, 1.54) is 0 Å². The van der Waals surface area contributed by atoms with Gasteiger partial charge in [0.15, 0.2) is 0 Å². The standard InChI is InChI=1S/C17H26N2O2/c1-5-19(15-10-14(20)7-6-13(15)4)16(21)17(12(2)3)8-9-18-11-17/h6-7,10,12,18,20H,5,8-9,11H2,1-4H3. The first-order valence-corrected chi connectivity index (χ1v) is 7.74. The van der Waals surface area contributed by atoms with E-state index in [2.05, 4.69) is 19.2 Å². The molecule has 0 saturated carbocycles. The molecule has 1 aliphatic rings. The summed E-state index contributed by atoms with van der Waals surface area (Å²) in [6.07, 6.45) is 0.873. The van der Waals surface area contributed by atoms with Crippen molar-refractivity contribution in [3.05, 3.63) is 23.8 Å². The number of amides is 1. The molecule has 1 amide bonds. The maximum atomic E-state index is 13.2. The summed E-state index contributed by atoms with van der Waals surface area (Å²) in [6.45, 7) is 10.4. The lowest BCUT2D eigenvalue weighted by Gasteiger charge is -2.37. The highest BCUT2D eigenvalue weighted by Gasteiger charge is 2.46. The average Bonchev–Trinajstić information content (AvgIpc) is 2.94. The number of rotatable bonds is 4. The molecule has 0 spiro atoms. The number of hydrogen-bond acceptors (Lipinski definition) is 3. The third-order valence-electron chi connectivity index (χ3n) is 4.76. The van der Waals surface area contributed by atoms with Gasteiger partial charge in [0.05, 0.1) is 11.1 Å². The van der Waals surface area contributed by atoms with Crippen molar-refractivity contribution in [2.45, 2.75) is 34.1 Å². The van der Waals surface area contributed by atoms with Crippen LogP contribution in [0.2, 0.25) is 0 Å². The van der Waals surface area contributed by atoms with Crippen LogP contribution in [0, 0.1) is 18.3 Å². The van der Waals surface area contributed by atoms with Crippen molar-refractivity contribution in [1.82, 2.24) is 5.32 Å². The number of carbonyl (C=O) groups is 1. The zero-order valence-electron chi connectivity index (χ0n) is 13.4. The van der Waals surface area contributed by atoms with Crippen molar-refractivity contribution in [2.75, 3.05) is 24.5 Å². The molecule has 2 N–H and O–H groups in total. The molecule has 1 fully saturated rings. The van der Waals surface area contributed by atoms with E-state index in [1.54, 1.807) is 12.1 Å². The zero-order valence-corrected chi connectivity index (χ0v) is 13.4. The molecule has 4 heteroatoms. The number of aromatic hydroxyl groups is 1. The van der Waals surface area contributed by atoms with E-state index in [1.807, 2.05) is 24.8 Å². The zero-order chi connectivity index (χ0) is 15.6. The summed E-state index contributed by atoms with van der Waals surface area (Å²) < 4.78 is 0. The number of nitrogens with one attached hydrogen (secondary N) is 1. The van der Waals surface area contributed by atoms with E-state index in [-0.39, 0.29) is 23.0 Å². The molecule has 1 heterocycles. The Morgan fingerprint density at radius 1 is 1.48 bits per heavy atom. The third kappa shape index (κ3) is 2.77. The van der Waals surface area contributed by atoms with Crippen LogP contribution in [0.5, 0.6) is 5.75 Å². The largest absolute Gasteiger partial charge is 0.508 e. The van der Waals surface area contributed by atoms with Gasteiger partial charge in [0, 0.05) is 19.2 Å². The van der Waals surface area contributed by atoms with Gasteiger partial charge in [-0.3, -0.25) is 4.79 Å². The highest BCUT2D eigenvalue weighted by Crippen LogP contribution is 2.38. The summed E-state index contributed by atoms with van der Waals surface area (Å²) in [4.78, 5) is 15.0. The number of anilines is 1. The molecule has 4 nitrogen and oxygen atoms in total. The quantitative estimate of drug-likeness (QED) is 0.896. The minimum absolute atomic E-state index is 0.165. The van der Waals surface area contributed by atoms with Crippen LogP contribution >= 0.6 is 0 Å². The van der Waals surface area contributed by atoms with E-state index < -0.39 is 0 Å². The lowest BCUT2D eigenvalue weighted by atomic mass is 9.75. The normalized spacial score (nSPS) is 21.8. The number of hydrogen-bond donors (Lipinski definition) is 2. The molecule has 1 aromatic rings. The smallest absolute Gasteiger partial charge is 0.234 e. The first kappa shape index (κ1) is 15.8. The Morgan fingerprint density at radius 3 is 2.71 bits per heavy atom. The van der Waals surface area contributed by atoms with Gasteiger partial charge in [-0.25, -0.2) is 0 Å². The molecule has 1 aliphatic heterocycles. The Balaban J connectivity index is 2.40. The molecule has 1 saturated heterocycles. The van der Waals surface area contributed by atoms with Crippen LogP contribution in [0.1, 0.15) is 32.8 Å². The van der Waals surface area contributed by atoms with Crippen LogP contribution in [-0.2, 0) is 4.79 Å². The predicted octanol–water partition coefficient (Wildman–Crippen LogP) is 2.69. The van der Waals surface area contributed by atoms with Gasteiger partial charge in [-0.1, -0.05) is 19.9 Å². The number of phenols is 1. The predicted molar refractivity (Wildman–Crippen MR) is 85.6 cm³/mol. The van der Waals surface area contributed by atoms with Gasteiger partial charge in [0.1, 0.15) is 5.75 Å². The van der Waals surface area contributed by atoms with Gasteiger partial charge in [-0.05, 0) is 44.4 Å². The van der Waals surface area contributed by atoms with E-state index in [0.29, 0.717) is 6.54 Å². The first-order valence-electron chi connectivity index (χ1n) is 7.74. The Labute approximate surface area is 127 Å². The van der Waals surface area contributed by atoms with Crippen molar-refractivity contribution in [2.24, 2.45) is 11.3 Å². The van der Waals surface area contributed by atoms with Crippen molar-refractivity contribution >= 4 is 11.6 Å². The second kappa shape index (κ2) is 6.06. The molecule has 0 aliphatic carbocycles. The fourth-order valence-electron chi connectivity index (χ4n) is 3.21. The lowest BCUT2D eigenvalue weighted by molar-refractivity contribution is -0.129. The topological polar surface area (TPSA) is 52.6 Å². The molecule has 1 unspecified atom stereocenters. The Kier molecular flexibility index (Phi) is 4.57. The SMILES string of the molecule is CCN(C(=O)C1(C(C)C)CCNC1)c1cc(O)ccc1C. The number of benzene rings is 1. The molecule has 1 atom stereocenters. The molecule has 0 radical (unpaired) electrons. The average molecular weight is 290 g/mol. The number of aryl methyl sites for hydroxylation is 1. The Morgan fingerprint density at radius 2 is 2.19 bits per heavy atom. The van der Waals surface area contributed by atoms with Gasteiger partial charge < -0.3 is 15.3 Å². The summed E-state index contributed by atoms with van der Waals surface area (Å²) in [5.74, 6) is 0.648. The van der Waals surface area contributed by atoms with Gasteiger partial charge in [0.2, 0.25) is 5.91 Å². The molecule has 21 heavy (non-hydrogen) atoms. The van der Waals surface area contributed by atoms with Crippen molar-refractivity contribution in [3.63, 3.8) is 0 Å². The fourth-order valence-corrected chi connectivity index (χ4v) is 3.21. The molecule has 1 aromatic carbocycles. The molecule has 0 aromatic heterocycles. The second-order valence-corrected chi connectivity index (χ2v) is 6.26. The maximum Gasteiger partial charge on any atom is 0.234 e. The number of carbonyl (C=O) groups excluding carboxylic acids is 1. The molecule has 116 valence electrons. The molecule has 2 rings (SSSR count). The summed E-state index contributed by atoms with van der Waals surface area (Å²) in [5.41, 5.74) is 1.48. The summed E-state index contributed by atoms with van der Waals surface area (Å²) in [5, 5.41) is 13.1. The minimum atomic E-state index is -0.339. The van der Waals surface area contributed by atoms with Crippen molar-refractivity contribution < 1.29 is 9.90 Å². The van der Waals surface area contributed by atoms with Gasteiger partial charge in [-0.2, -0.15) is 0 Å². The third-order valence-corrected chi connectivity index (χ3v) is 4.76. The molecule has 0 bridgehead atoms. The van der Waals surface area contributed by atoms with Crippen LogP contribution in [0.4, 0.5) is 5.69 Å². The van der Waals surface area contributed by atoms with Crippen LogP contribution in [-0.4, -0.2) is 30.6 Å². The minimum Gasteiger partial charge on any atom is -0.508 e. The monoisotopic (exact) mass is 290 g/mol. The Hall–Kier alpha value is -1.55. The fraction of sp³-hybridized carbons (Fsp3) is 0.588. The highest BCUT2D eigenvalue weighted by atomic mass is 16.3. The number of nitrogens with zero attached hydrogens (tertiary/aromatic N) is 1. The second-order valence-electron chi connectivity index (χ2n) is 6.26. The van der Waals surface area contributed by atoms with Gasteiger partial charge in [-0.15, -0.1) is 0 Å². The van der Waals surface area contributed by atoms with Gasteiger partial charge in [0.25, 0.3) is 0 Å². The van der Waals surface area contributed by atoms with Crippen molar-refractivity contribution in [1.29, 1.82) is 0 Å². The van der Waals surface area contributed by atoms with Crippen LogP contribution in [0.3, 0.4) is 0 Å². The molecular weight excluding hydrogens is 264 g/mol. The lowest BCUT2D eigenvalue weighted by Crippen LogP contribution is -2.48. The van der Waals surface area contributed by atoms with Gasteiger partial charge >= 0.3 is 0 Å². The first-order chi connectivity index (χ1) is 9.92. The summed E-state index contributed by atoms with van der Waals surface area (Å²) in [7, 11) is 0. The van der Waals surface area contributed by atoms with E-state index >= 15 is 0 Å². The van der Waals surface area contributed by atoms with Crippen LogP contribution in [0.25, 0.3) is 0 Å². The van der Waals surface area contributed by atoms with Crippen LogP contribution in [0.15, 0.2) is 18.2 Å². The Bertz CT molecular complexity index is 520. The summed E-state index contributed by atoms with van der Waals surface area (Å²) in [6, 6.07) is 5.20. The maximum absolute atomic E-state index is 13.2.